The Kier molecular flexibility index (Phi) is 5.92. The summed E-state index contributed by atoms with van der Waals surface area (Å²) in [4.78, 5) is 36.8. The van der Waals surface area contributed by atoms with Crippen LogP contribution >= 0.6 is 11.3 Å². The highest BCUT2D eigenvalue weighted by Crippen LogP contribution is 2.35. The number of hydrogen-bond acceptors (Lipinski definition) is 10. The first kappa shape index (κ1) is 20.5. The van der Waals surface area contributed by atoms with Gasteiger partial charge in [0, 0.05) is 5.56 Å². The number of para-hydroxylation sites is 2. The Morgan fingerprint density at radius 3 is 2.31 bits per heavy atom. The zero-order valence-electron chi connectivity index (χ0n) is 15.9. The number of esters is 3. The van der Waals surface area contributed by atoms with Crippen molar-refractivity contribution in [3.8, 4) is 11.5 Å². The molecule has 2 N–H and O–H groups in total. The standard InChI is InChI=1S/C19H19NO8S/c1-9-14(28-12-7-5-4-6-11(12)27-9)18(22)26-8-10-13(17(21)24-2)16(20)29-15(10)19(23)25-3/h4-7,9,14H,8,20H2,1-3H3. The number of nitrogens with two attached hydrogens (primary N) is 1. The van der Waals surface area contributed by atoms with Crippen LogP contribution in [0.25, 0.3) is 0 Å². The molecule has 1 aromatic heterocycles. The van der Waals surface area contributed by atoms with Crippen LogP contribution in [-0.2, 0) is 25.6 Å². The second kappa shape index (κ2) is 8.39. The van der Waals surface area contributed by atoms with E-state index in [0.29, 0.717) is 11.5 Å². The fourth-order valence-corrected chi connectivity index (χ4v) is 3.79. The quantitative estimate of drug-likeness (QED) is 0.571. The molecule has 9 nitrogen and oxygen atoms in total. The molecular formula is C19H19NO8S. The van der Waals surface area contributed by atoms with Gasteiger partial charge in [-0.25, -0.2) is 14.4 Å². The van der Waals surface area contributed by atoms with E-state index in [2.05, 4.69) is 0 Å². The first-order chi connectivity index (χ1) is 13.9. The minimum Gasteiger partial charge on any atom is -0.482 e. The van der Waals surface area contributed by atoms with E-state index in [1.165, 1.54) is 14.2 Å². The van der Waals surface area contributed by atoms with Crippen LogP contribution in [0.1, 0.15) is 32.5 Å². The summed E-state index contributed by atoms with van der Waals surface area (Å²) in [7, 11) is 2.37. The second-order valence-corrected chi connectivity index (χ2v) is 7.10. The van der Waals surface area contributed by atoms with Crippen LogP contribution in [0.2, 0.25) is 0 Å². The summed E-state index contributed by atoms with van der Waals surface area (Å²) in [5.74, 6) is -1.24. The molecular weight excluding hydrogens is 402 g/mol. The Morgan fingerprint density at radius 1 is 1.07 bits per heavy atom. The van der Waals surface area contributed by atoms with E-state index < -0.39 is 36.7 Å². The van der Waals surface area contributed by atoms with Crippen molar-refractivity contribution in [2.75, 3.05) is 20.0 Å². The van der Waals surface area contributed by atoms with Crippen molar-refractivity contribution in [2.45, 2.75) is 25.7 Å². The minimum atomic E-state index is -1.02. The molecule has 0 aliphatic carbocycles. The molecule has 0 fully saturated rings. The van der Waals surface area contributed by atoms with Gasteiger partial charge in [0.25, 0.3) is 0 Å². The highest BCUT2D eigenvalue weighted by molar-refractivity contribution is 7.18. The maximum absolute atomic E-state index is 12.6. The average Bonchev–Trinajstić information content (AvgIpc) is 3.06. The second-order valence-electron chi connectivity index (χ2n) is 6.05. The third kappa shape index (κ3) is 3.97. The molecule has 2 unspecified atom stereocenters. The monoisotopic (exact) mass is 421 g/mol. The smallest absolute Gasteiger partial charge is 0.351 e. The fraction of sp³-hybridized carbons (Fsp3) is 0.316. The largest absolute Gasteiger partial charge is 0.482 e. The van der Waals surface area contributed by atoms with Crippen molar-refractivity contribution in [3.05, 3.63) is 40.3 Å². The predicted octanol–water partition coefficient (Wildman–Crippen LogP) is 2.18. The molecule has 3 rings (SSSR count). The van der Waals surface area contributed by atoms with Gasteiger partial charge >= 0.3 is 17.9 Å². The lowest BCUT2D eigenvalue weighted by Crippen LogP contribution is -2.44. The van der Waals surface area contributed by atoms with Crippen molar-refractivity contribution in [1.29, 1.82) is 0 Å². The summed E-state index contributed by atoms with van der Waals surface area (Å²) in [6, 6.07) is 6.94. The summed E-state index contributed by atoms with van der Waals surface area (Å²) in [5.41, 5.74) is 5.94. The lowest BCUT2D eigenvalue weighted by Gasteiger charge is -2.30. The zero-order valence-corrected chi connectivity index (χ0v) is 16.7. The number of benzene rings is 1. The predicted molar refractivity (Wildman–Crippen MR) is 102 cm³/mol. The van der Waals surface area contributed by atoms with Gasteiger partial charge in [0.2, 0.25) is 6.10 Å². The highest BCUT2D eigenvalue weighted by Gasteiger charge is 2.36. The maximum Gasteiger partial charge on any atom is 0.351 e. The van der Waals surface area contributed by atoms with Crippen molar-refractivity contribution in [3.63, 3.8) is 0 Å². The number of ether oxygens (including phenoxy) is 5. The van der Waals surface area contributed by atoms with E-state index in [9.17, 15) is 14.4 Å². The molecule has 0 saturated heterocycles. The molecule has 0 bridgehead atoms. The summed E-state index contributed by atoms with van der Waals surface area (Å²) in [6.45, 7) is 1.28. The Balaban J connectivity index is 1.81. The van der Waals surface area contributed by atoms with Gasteiger partial charge in [-0.2, -0.15) is 0 Å². The number of methoxy groups -OCH3 is 2. The summed E-state index contributed by atoms with van der Waals surface area (Å²) >= 11 is 0.851. The number of anilines is 1. The third-order valence-corrected chi connectivity index (χ3v) is 5.27. The Bertz CT molecular complexity index is 954. The highest BCUT2D eigenvalue weighted by atomic mass is 32.1. The Labute approximate surface area is 170 Å². The van der Waals surface area contributed by atoms with Crippen LogP contribution in [0.3, 0.4) is 0 Å². The SMILES string of the molecule is COC(=O)c1sc(N)c(C(=O)OC)c1COC(=O)C1Oc2ccccc2OC1C. The van der Waals surface area contributed by atoms with Crippen LogP contribution in [0.5, 0.6) is 11.5 Å². The molecule has 0 saturated carbocycles. The van der Waals surface area contributed by atoms with Gasteiger partial charge < -0.3 is 29.4 Å². The number of carbonyl (C=O) groups excluding carboxylic acids is 3. The molecule has 1 aliphatic heterocycles. The Morgan fingerprint density at radius 2 is 1.69 bits per heavy atom. The lowest BCUT2D eigenvalue weighted by molar-refractivity contribution is -0.159. The number of rotatable bonds is 5. The first-order valence-electron chi connectivity index (χ1n) is 8.54. The van der Waals surface area contributed by atoms with Crippen LogP contribution in [0.15, 0.2) is 24.3 Å². The molecule has 0 amide bonds. The average molecular weight is 421 g/mol. The van der Waals surface area contributed by atoms with Crippen LogP contribution in [-0.4, -0.2) is 44.3 Å². The van der Waals surface area contributed by atoms with E-state index in [-0.39, 0.29) is 21.0 Å². The Hall–Kier alpha value is -3.27. The number of hydrogen-bond donors (Lipinski definition) is 1. The van der Waals surface area contributed by atoms with Gasteiger partial charge in [0.15, 0.2) is 11.5 Å². The molecule has 1 aromatic carbocycles. The van der Waals surface area contributed by atoms with E-state index in [4.69, 9.17) is 29.4 Å². The molecule has 0 radical (unpaired) electrons. The van der Waals surface area contributed by atoms with Gasteiger partial charge in [-0.15, -0.1) is 11.3 Å². The lowest BCUT2D eigenvalue weighted by atomic mass is 10.1. The molecule has 154 valence electrons. The van der Waals surface area contributed by atoms with Crippen LogP contribution < -0.4 is 15.2 Å². The van der Waals surface area contributed by atoms with Crippen molar-refractivity contribution in [2.24, 2.45) is 0 Å². The van der Waals surface area contributed by atoms with E-state index in [0.717, 1.165) is 11.3 Å². The number of carbonyl (C=O) groups is 3. The molecule has 0 spiro atoms. The van der Waals surface area contributed by atoms with Gasteiger partial charge in [-0.1, -0.05) is 12.1 Å². The summed E-state index contributed by atoms with van der Waals surface area (Å²) in [6.07, 6.45) is -1.63. The molecule has 2 heterocycles. The van der Waals surface area contributed by atoms with E-state index in [1.54, 1.807) is 31.2 Å². The van der Waals surface area contributed by atoms with Gasteiger partial charge in [-0.3, -0.25) is 0 Å². The van der Waals surface area contributed by atoms with Crippen LogP contribution in [0.4, 0.5) is 5.00 Å². The minimum absolute atomic E-state index is 0.0371. The first-order valence-corrected chi connectivity index (χ1v) is 9.35. The van der Waals surface area contributed by atoms with Crippen molar-refractivity contribution < 1.29 is 38.1 Å². The summed E-state index contributed by atoms with van der Waals surface area (Å²) < 4.78 is 26.1. The molecule has 2 atom stereocenters. The summed E-state index contributed by atoms with van der Waals surface area (Å²) in [5, 5.41) is 0.0582. The third-order valence-electron chi connectivity index (χ3n) is 4.23. The molecule has 2 aromatic rings. The van der Waals surface area contributed by atoms with Gasteiger partial charge in [0.05, 0.1) is 14.2 Å². The van der Waals surface area contributed by atoms with Gasteiger partial charge in [-0.05, 0) is 19.1 Å². The molecule has 10 heteroatoms. The van der Waals surface area contributed by atoms with Crippen molar-refractivity contribution in [1.82, 2.24) is 0 Å². The molecule has 1 aliphatic rings. The number of fused-ring (bicyclic) bond motifs is 1. The molecule has 29 heavy (non-hydrogen) atoms. The van der Waals surface area contributed by atoms with Crippen LogP contribution in [0, 0.1) is 0 Å². The zero-order chi connectivity index (χ0) is 21.1. The van der Waals surface area contributed by atoms with Gasteiger partial charge in [0.1, 0.15) is 28.2 Å². The fourth-order valence-electron chi connectivity index (χ4n) is 2.81. The number of thiophene rings is 1. The normalized spacial score (nSPS) is 17.3. The number of nitrogen functional groups attached to an aromatic ring is 1. The van der Waals surface area contributed by atoms with E-state index in [1.807, 2.05) is 0 Å². The van der Waals surface area contributed by atoms with E-state index >= 15 is 0 Å². The van der Waals surface area contributed by atoms with Crippen molar-refractivity contribution >= 4 is 34.2 Å². The maximum atomic E-state index is 12.6. The topological polar surface area (TPSA) is 123 Å².